The third-order valence-electron chi connectivity index (χ3n) is 4.51. The van der Waals surface area contributed by atoms with Gasteiger partial charge in [-0.3, -0.25) is 4.79 Å². The number of rotatable bonds is 0. The highest BCUT2D eigenvalue weighted by Crippen LogP contribution is 2.45. The van der Waals surface area contributed by atoms with E-state index in [1.807, 2.05) is 0 Å². The van der Waals surface area contributed by atoms with E-state index >= 15 is 0 Å². The van der Waals surface area contributed by atoms with E-state index in [1.165, 1.54) is 6.42 Å². The zero-order valence-electron chi connectivity index (χ0n) is 10.2. The Morgan fingerprint density at radius 1 is 0.938 bits per heavy atom. The van der Waals surface area contributed by atoms with Crippen molar-refractivity contribution in [2.45, 2.75) is 76.2 Å². The first-order chi connectivity index (χ1) is 7.71. The molecule has 2 aliphatic rings. The number of carbonyl (C=O) groups is 1. The molecule has 0 aromatic heterocycles. The Morgan fingerprint density at radius 3 is 2.38 bits per heavy atom. The van der Waals surface area contributed by atoms with Gasteiger partial charge >= 0.3 is 0 Å². The van der Waals surface area contributed by atoms with Crippen molar-refractivity contribution in [3.63, 3.8) is 0 Å². The Balaban J connectivity index is 1.84. The summed E-state index contributed by atoms with van der Waals surface area (Å²) in [5.74, 6) is 0.978. The summed E-state index contributed by atoms with van der Waals surface area (Å²) in [6.07, 6.45) is 11.2. The number of Topliss-reactive ketones (excluding diaryl/α,β-unsaturated/α-hetero) is 1. The molecule has 0 amide bonds. The number of hydrogen-bond acceptors (Lipinski definition) is 2. The Morgan fingerprint density at radius 2 is 1.69 bits per heavy atom. The molecule has 1 N–H and O–H groups in total. The van der Waals surface area contributed by atoms with Crippen molar-refractivity contribution in [1.29, 1.82) is 0 Å². The fourth-order valence-corrected chi connectivity index (χ4v) is 3.19. The van der Waals surface area contributed by atoms with E-state index in [4.69, 9.17) is 0 Å². The fourth-order valence-electron chi connectivity index (χ4n) is 3.19. The molecule has 2 fully saturated rings. The monoisotopic (exact) mass is 224 g/mol. The van der Waals surface area contributed by atoms with Crippen LogP contribution in [0, 0.1) is 5.92 Å². The van der Waals surface area contributed by atoms with Gasteiger partial charge in [0.05, 0.1) is 5.60 Å². The summed E-state index contributed by atoms with van der Waals surface area (Å²) in [6.45, 7) is 0. The number of ketones is 1. The van der Waals surface area contributed by atoms with Gasteiger partial charge in [-0.2, -0.15) is 0 Å². The number of fused-ring (bicyclic) bond motifs is 1. The molecule has 0 aromatic carbocycles. The van der Waals surface area contributed by atoms with Crippen LogP contribution in [0.3, 0.4) is 0 Å². The van der Waals surface area contributed by atoms with E-state index < -0.39 is 0 Å². The van der Waals surface area contributed by atoms with E-state index in [0.29, 0.717) is 11.7 Å². The fraction of sp³-hybridized carbons (Fsp3) is 0.929. The second kappa shape index (κ2) is 5.31. The van der Waals surface area contributed by atoms with Gasteiger partial charge in [-0.1, -0.05) is 19.3 Å². The normalized spacial score (nSPS) is 37.8. The Kier molecular flexibility index (Phi) is 4.01. The quantitative estimate of drug-likeness (QED) is 0.686. The minimum Gasteiger partial charge on any atom is -0.390 e. The van der Waals surface area contributed by atoms with E-state index in [-0.39, 0.29) is 5.60 Å². The summed E-state index contributed by atoms with van der Waals surface area (Å²) in [7, 11) is 0. The van der Waals surface area contributed by atoms with Crippen molar-refractivity contribution in [3.05, 3.63) is 0 Å². The molecule has 92 valence electrons. The highest BCUT2D eigenvalue weighted by atomic mass is 16.3. The zero-order valence-corrected chi connectivity index (χ0v) is 10.2. The van der Waals surface area contributed by atoms with Crippen LogP contribution in [0.25, 0.3) is 0 Å². The SMILES string of the molecule is O=C1CCCCC[C@@]2(O)CC[C@@H]2CCCC1. The lowest BCUT2D eigenvalue weighted by molar-refractivity contribution is -0.120. The van der Waals surface area contributed by atoms with Crippen LogP contribution in [0.4, 0.5) is 0 Å². The van der Waals surface area contributed by atoms with Crippen LogP contribution < -0.4 is 0 Å². The summed E-state index contributed by atoms with van der Waals surface area (Å²) in [5.41, 5.74) is -0.330. The van der Waals surface area contributed by atoms with Crippen LogP contribution in [0.5, 0.6) is 0 Å². The summed E-state index contributed by atoms with van der Waals surface area (Å²) in [5, 5.41) is 10.4. The summed E-state index contributed by atoms with van der Waals surface area (Å²) < 4.78 is 0. The molecule has 2 aliphatic carbocycles. The van der Waals surface area contributed by atoms with Gasteiger partial charge in [-0.05, 0) is 44.4 Å². The van der Waals surface area contributed by atoms with Crippen molar-refractivity contribution < 1.29 is 9.90 Å². The molecule has 0 spiro atoms. The molecule has 0 aromatic rings. The molecule has 0 aliphatic heterocycles. The van der Waals surface area contributed by atoms with Crippen LogP contribution in [0.1, 0.15) is 70.6 Å². The Hall–Kier alpha value is -0.370. The molecule has 0 heterocycles. The van der Waals surface area contributed by atoms with Crippen molar-refractivity contribution >= 4 is 5.78 Å². The number of hydrogen-bond donors (Lipinski definition) is 1. The maximum absolute atomic E-state index is 11.5. The molecular weight excluding hydrogens is 200 g/mol. The molecule has 2 heteroatoms. The van der Waals surface area contributed by atoms with Crippen molar-refractivity contribution in [3.8, 4) is 0 Å². The van der Waals surface area contributed by atoms with Crippen molar-refractivity contribution in [1.82, 2.24) is 0 Å². The van der Waals surface area contributed by atoms with E-state index in [1.54, 1.807) is 0 Å². The lowest BCUT2D eigenvalue weighted by Gasteiger charge is -2.46. The standard InChI is InChI=1S/C14H24O2/c15-13-7-2-1-5-10-14(16)11-9-12(14)6-3-4-8-13/h12,16H,1-11H2/t12-,14+/m0/s1. The minimum absolute atomic E-state index is 0.330. The molecule has 2 nitrogen and oxygen atoms in total. The first-order valence-electron chi connectivity index (χ1n) is 6.95. The molecule has 0 saturated heterocycles. The van der Waals surface area contributed by atoms with Gasteiger partial charge in [0.1, 0.15) is 5.78 Å². The van der Waals surface area contributed by atoms with Gasteiger partial charge in [0.15, 0.2) is 0 Å². The largest absolute Gasteiger partial charge is 0.390 e. The molecule has 16 heavy (non-hydrogen) atoms. The summed E-state index contributed by atoms with van der Waals surface area (Å²) in [4.78, 5) is 11.5. The first-order valence-corrected chi connectivity index (χ1v) is 6.95. The van der Waals surface area contributed by atoms with Gasteiger partial charge in [-0.15, -0.1) is 0 Å². The molecule has 2 atom stereocenters. The second-order valence-electron chi connectivity index (χ2n) is 5.68. The topological polar surface area (TPSA) is 37.3 Å². The van der Waals surface area contributed by atoms with Crippen LogP contribution in [0.2, 0.25) is 0 Å². The lowest BCUT2D eigenvalue weighted by atomic mass is 9.65. The van der Waals surface area contributed by atoms with Crippen LogP contribution >= 0.6 is 0 Å². The van der Waals surface area contributed by atoms with Crippen molar-refractivity contribution in [2.24, 2.45) is 5.92 Å². The van der Waals surface area contributed by atoms with E-state index in [0.717, 1.165) is 64.2 Å². The van der Waals surface area contributed by atoms with Crippen LogP contribution in [-0.2, 0) is 4.79 Å². The Labute approximate surface area is 98.4 Å². The highest BCUT2D eigenvalue weighted by Gasteiger charge is 2.43. The molecule has 2 saturated carbocycles. The zero-order chi connectivity index (χ0) is 11.4. The molecule has 0 radical (unpaired) electrons. The van der Waals surface area contributed by atoms with Crippen LogP contribution in [-0.4, -0.2) is 16.5 Å². The molecule has 2 rings (SSSR count). The van der Waals surface area contributed by atoms with Crippen molar-refractivity contribution in [2.75, 3.05) is 0 Å². The van der Waals surface area contributed by atoms with Gasteiger partial charge in [-0.25, -0.2) is 0 Å². The van der Waals surface area contributed by atoms with Gasteiger partial charge < -0.3 is 5.11 Å². The Bertz CT molecular complexity index is 249. The average Bonchev–Trinajstić information content (AvgIpc) is 2.25. The summed E-state index contributed by atoms with van der Waals surface area (Å²) >= 11 is 0. The smallest absolute Gasteiger partial charge is 0.132 e. The maximum atomic E-state index is 11.5. The third-order valence-corrected chi connectivity index (χ3v) is 4.51. The number of aliphatic hydroxyl groups is 1. The van der Waals surface area contributed by atoms with Crippen LogP contribution in [0.15, 0.2) is 0 Å². The highest BCUT2D eigenvalue weighted by molar-refractivity contribution is 5.78. The average molecular weight is 224 g/mol. The van der Waals surface area contributed by atoms with E-state index in [2.05, 4.69) is 0 Å². The van der Waals surface area contributed by atoms with Gasteiger partial charge in [0, 0.05) is 12.8 Å². The predicted octanol–water partition coefficient (Wildman–Crippen LogP) is 3.22. The van der Waals surface area contributed by atoms with Gasteiger partial charge in [0.2, 0.25) is 0 Å². The number of carbonyl (C=O) groups excluding carboxylic acids is 1. The molecule has 0 unspecified atom stereocenters. The van der Waals surface area contributed by atoms with Gasteiger partial charge in [0.25, 0.3) is 0 Å². The second-order valence-corrected chi connectivity index (χ2v) is 5.68. The first kappa shape index (κ1) is 12.1. The molecular formula is C14H24O2. The molecule has 0 bridgehead atoms. The third kappa shape index (κ3) is 2.85. The maximum Gasteiger partial charge on any atom is 0.132 e. The van der Waals surface area contributed by atoms with E-state index in [9.17, 15) is 9.90 Å². The lowest BCUT2D eigenvalue weighted by Crippen LogP contribution is -2.47. The summed E-state index contributed by atoms with van der Waals surface area (Å²) in [6, 6.07) is 0. The predicted molar refractivity (Wildman–Crippen MR) is 64.2 cm³/mol. The minimum atomic E-state index is -0.330.